The molecule has 0 spiro atoms. The van der Waals surface area contributed by atoms with Crippen LogP contribution in [0.3, 0.4) is 0 Å². The van der Waals surface area contributed by atoms with Crippen molar-refractivity contribution in [3.05, 3.63) is 50.6 Å². The van der Waals surface area contributed by atoms with Crippen molar-refractivity contribution in [2.75, 3.05) is 4.90 Å². The fourth-order valence-electron chi connectivity index (χ4n) is 2.06. The number of nitrogens with zero attached hydrogens (tertiary/aromatic N) is 1. The summed E-state index contributed by atoms with van der Waals surface area (Å²) in [6, 6.07) is 11.3. The summed E-state index contributed by atoms with van der Waals surface area (Å²) in [7, 11) is 0. The maximum absolute atomic E-state index is 3.59. The smallest absolute Gasteiger partial charge is 0.0525 e. The molecule has 1 aromatic carbocycles. The zero-order valence-corrected chi connectivity index (χ0v) is 15.1. The van der Waals surface area contributed by atoms with Gasteiger partial charge in [0.25, 0.3) is 0 Å². The van der Waals surface area contributed by atoms with Crippen LogP contribution < -0.4 is 4.90 Å². The number of rotatable bonds is 5. The van der Waals surface area contributed by atoms with Gasteiger partial charge < -0.3 is 4.90 Å². The van der Waals surface area contributed by atoms with Crippen LogP contribution in [0.15, 0.2) is 40.2 Å². The summed E-state index contributed by atoms with van der Waals surface area (Å²) in [4.78, 5) is 3.85. The lowest BCUT2D eigenvalue weighted by Crippen LogP contribution is -2.30. The van der Waals surface area contributed by atoms with E-state index in [9.17, 15) is 0 Å². The van der Waals surface area contributed by atoms with E-state index in [4.69, 9.17) is 0 Å². The topological polar surface area (TPSA) is 3.24 Å². The lowest BCUT2D eigenvalue weighted by molar-refractivity contribution is 0.685. The van der Waals surface area contributed by atoms with Crippen molar-refractivity contribution >= 4 is 48.9 Å². The number of hydrogen-bond donors (Lipinski definition) is 0. The third kappa shape index (κ3) is 3.83. The monoisotopic (exact) mass is 401 g/mol. The maximum Gasteiger partial charge on any atom is 0.0525 e. The Bertz CT molecular complexity index is 523. The van der Waals surface area contributed by atoms with Crippen LogP contribution >= 0.6 is 43.2 Å². The van der Waals surface area contributed by atoms with Gasteiger partial charge in [0.2, 0.25) is 0 Å². The second-order valence-corrected chi connectivity index (χ2v) is 7.22. The van der Waals surface area contributed by atoms with Gasteiger partial charge in [-0.05, 0) is 49.1 Å². The van der Waals surface area contributed by atoms with E-state index < -0.39 is 0 Å². The van der Waals surface area contributed by atoms with E-state index in [1.165, 1.54) is 16.1 Å². The molecule has 0 aliphatic rings. The third-order valence-corrected chi connectivity index (χ3v) is 4.98. The fourth-order valence-corrected chi connectivity index (χ4v) is 3.62. The highest BCUT2D eigenvalue weighted by Crippen LogP contribution is 2.30. The lowest BCUT2D eigenvalue weighted by Gasteiger charge is -2.30. The number of alkyl halides is 1. The Morgan fingerprint density at radius 2 is 2.05 bits per heavy atom. The number of halogens is 2. The van der Waals surface area contributed by atoms with E-state index in [-0.39, 0.29) is 0 Å². The predicted molar refractivity (Wildman–Crippen MR) is 92.4 cm³/mol. The number of anilines is 1. The van der Waals surface area contributed by atoms with E-state index >= 15 is 0 Å². The number of thiophene rings is 1. The fraction of sp³-hybridized carbons (Fsp3) is 0.333. The molecule has 1 aromatic heterocycles. The molecule has 0 saturated heterocycles. The van der Waals surface area contributed by atoms with Gasteiger partial charge in [-0.2, -0.15) is 0 Å². The predicted octanol–water partition coefficient (Wildman–Crippen LogP) is 5.82. The summed E-state index contributed by atoms with van der Waals surface area (Å²) < 4.78 is 1.13. The van der Waals surface area contributed by atoms with Crippen LogP contribution in [0, 0.1) is 0 Å². The van der Waals surface area contributed by atoms with E-state index in [0.717, 1.165) is 16.3 Å². The Morgan fingerprint density at radius 1 is 1.26 bits per heavy atom. The first-order chi connectivity index (χ1) is 9.11. The largest absolute Gasteiger partial charge is 0.364 e. The molecule has 0 bridgehead atoms. The quantitative estimate of drug-likeness (QED) is 0.569. The van der Waals surface area contributed by atoms with Crippen LogP contribution in [0.2, 0.25) is 0 Å². The van der Waals surface area contributed by atoms with E-state index in [1.54, 1.807) is 0 Å². The van der Waals surface area contributed by atoms with Gasteiger partial charge in [0.05, 0.1) is 6.54 Å². The average molecular weight is 403 g/mol. The highest BCUT2D eigenvalue weighted by atomic mass is 79.9. The molecular formula is C15H17Br2NS. The minimum atomic E-state index is 0.473. The Morgan fingerprint density at radius 3 is 2.63 bits per heavy atom. The molecule has 0 radical (unpaired) electrons. The summed E-state index contributed by atoms with van der Waals surface area (Å²) in [5.41, 5.74) is 2.63. The molecule has 2 rings (SSSR count). The molecule has 4 heteroatoms. The lowest BCUT2D eigenvalue weighted by atomic mass is 10.1. The molecule has 0 N–H and O–H groups in total. The van der Waals surface area contributed by atoms with Gasteiger partial charge in [-0.25, -0.2) is 0 Å². The minimum Gasteiger partial charge on any atom is -0.364 e. The molecule has 2 aromatic rings. The van der Waals surface area contributed by atoms with Crippen LogP contribution in [-0.4, -0.2) is 6.04 Å². The van der Waals surface area contributed by atoms with Gasteiger partial charge in [0.15, 0.2) is 0 Å². The van der Waals surface area contributed by atoms with Crippen LogP contribution in [0.1, 0.15) is 24.3 Å². The Labute approximate surface area is 135 Å². The van der Waals surface area contributed by atoms with Crippen molar-refractivity contribution in [3.8, 4) is 0 Å². The minimum absolute atomic E-state index is 0.473. The van der Waals surface area contributed by atoms with Gasteiger partial charge in [0.1, 0.15) is 0 Å². The van der Waals surface area contributed by atoms with Crippen LogP contribution in [0.25, 0.3) is 0 Å². The van der Waals surface area contributed by atoms with Gasteiger partial charge >= 0.3 is 0 Å². The summed E-state index contributed by atoms with van der Waals surface area (Å²) in [6.07, 6.45) is 0. The van der Waals surface area contributed by atoms with Crippen LogP contribution in [-0.2, 0) is 11.9 Å². The second-order valence-electron chi connectivity index (χ2n) is 4.71. The van der Waals surface area contributed by atoms with Gasteiger partial charge in [-0.15, -0.1) is 11.3 Å². The van der Waals surface area contributed by atoms with Gasteiger partial charge in [-0.3, -0.25) is 0 Å². The summed E-state index contributed by atoms with van der Waals surface area (Å²) >= 11 is 8.96. The molecule has 0 amide bonds. The SMILES string of the molecule is CC(C)N(Cc1cccs1)c1ccc(Br)cc1CBr. The van der Waals surface area contributed by atoms with Crippen molar-refractivity contribution < 1.29 is 0 Å². The van der Waals surface area contributed by atoms with Gasteiger partial charge in [0, 0.05) is 26.4 Å². The summed E-state index contributed by atoms with van der Waals surface area (Å²) in [6.45, 7) is 5.46. The highest BCUT2D eigenvalue weighted by Gasteiger charge is 2.15. The zero-order valence-electron chi connectivity index (χ0n) is 11.1. The Balaban J connectivity index is 2.33. The molecule has 0 aliphatic carbocycles. The standard InChI is InChI=1S/C15H17Br2NS/c1-11(2)18(10-14-4-3-7-19-14)15-6-5-13(17)8-12(15)9-16/h3-8,11H,9-10H2,1-2H3. The second kappa shape index (κ2) is 6.91. The summed E-state index contributed by atoms with van der Waals surface area (Å²) in [5.74, 6) is 0. The first-order valence-corrected chi connectivity index (χ1v) is 9.04. The molecule has 102 valence electrons. The van der Waals surface area contributed by atoms with Crippen LogP contribution in [0.5, 0.6) is 0 Å². The molecule has 0 saturated carbocycles. The van der Waals surface area contributed by atoms with Crippen molar-refractivity contribution in [3.63, 3.8) is 0 Å². The van der Waals surface area contributed by atoms with Crippen LogP contribution in [0.4, 0.5) is 5.69 Å². The molecule has 1 heterocycles. The number of hydrogen-bond acceptors (Lipinski definition) is 2. The molecule has 0 atom stereocenters. The molecule has 1 nitrogen and oxygen atoms in total. The van der Waals surface area contributed by atoms with E-state index in [2.05, 4.69) is 86.3 Å². The first-order valence-electron chi connectivity index (χ1n) is 6.25. The normalized spacial score (nSPS) is 11.0. The Hall–Kier alpha value is -0.320. The van der Waals surface area contributed by atoms with Crippen molar-refractivity contribution in [1.29, 1.82) is 0 Å². The third-order valence-electron chi connectivity index (χ3n) is 3.02. The first kappa shape index (κ1) is 15.1. The van der Waals surface area contributed by atoms with Crippen molar-refractivity contribution in [2.45, 2.75) is 31.8 Å². The number of benzene rings is 1. The van der Waals surface area contributed by atoms with Crippen molar-refractivity contribution in [2.24, 2.45) is 0 Å². The maximum atomic E-state index is 3.59. The van der Waals surface area contributed by atoms with Gasteiger partial charge in [-0.1, -0.05) is 37.9 Å². The average Bonchev–Trinajstić information content (AvgIpc) is 2.89. The van der Waals surface area contributed by atoms with E-state index in [1.807, 2.05) is 11.3 Å². The molecule has 0 aliphatic heterocycles. The molecule has 0 fully saturated rings. The molecule has 0 unspecified atom stereocenters. The van der Waals surface area contributed by atoms with E-state index in [0.29, 0.717) is 6.04 Å². The highest BCUT2D eigenvalue weighted by molar-refractivity contribution is 9.10. The summed E-state index contributed by atoms with van der Waals surface area (Å²) in [5, 5.41) is 3.01. The Kier molecular flexibility index (Phi) is 5.48. The molecular weight excluding hydrogens is 386 g/mol. The molecule has 19 heavy (non-hydrogen) atoms. The van der Waals surface area contributed by atoms with Crippen molar-refractivity contribution in [1.82, 2.24) is 0 Å². The zero-order chi connectivity index (χ0) is 13.8.